The Morgan fingerprint density at radius 3 is 1.96 bits per heavy atom. The molecule has 0 saturated carbocycles. The molecule has 0 bridgehead atoms. The van der Waals surface area contributed by atoms with Crippen LogP contribution in [0.2, 0.25) is 0 Å². The van der Waals surface area contributed by atoms with Crippen molar-refractivity contribution in [1.82, 2.24) is 0 Å². The van der Waals surface area contributed by atoms with Gasteiger partial charge in [-0.2, -0.15) is 0 Å². The first-order chi connectivity index (χ1) is 12.1. The van der Waals surface area contributed by atoms with E-state index in [2.05, 4.69) is 13.8 Å². The molecule has 2 rings (SSSR count). The van der Waals surface area contributed by atoms with E-state index in [1.54, 1.807) is 27.4 Å². The summed E-state index contributed by atoms with van der Waals surface area (Å²) >= 11 is 0. The molecule has 0 amide bonds. The second kappa shape index (κ2) is 8.41. The smallest absolute Gasteiger partial charge is 0.180 e. The number of methoxy groups -OCH3 is 4. The molecule has 2 aromatic carbocycles. The fourth-order valence-electron chi connectivity index (χ4n) is 3.38. The average Bonchev–Trinajstić information content (AvgIpc) is 2.66. The summed E-state index contributed by atoms with van der Waals surface area (Å²) in [5, 5.41) is 12.1. The van der Waals surface area contributed by atoms with Gasteiger partial charge in [0.1, 0.15) is 5.75 Å². The molecule has 5 nitrogen and oxygen atoms in total. The SMILES string of the molecule is CCC(CC)c1c(OC)c(OC)cc2c(OC)cc(C(O)OC)cc12. The predicted molar refractivity (Wildman–Crippen MR) is 98.9 cm³/mol. The van der Waals surface area contributed by atoms with Crippen LogP contribution in [-0.2, 0) is 4.74 Å². The van der Waals surface area contributed by atoms with Crippen molar-refractivity contribution in [3.05, 3.63) is 29.3 Å². The zero-order chi connectivity index (χ0) is 18.6. The predicted octanol–water partition coefficient (Wildman–Crippen LogP) is 4.41. The van der Waals surface area contributed by atoms with Gasteiger partial charge in [0, 0.05) is 23.6 Å². The highest BCUT2D eigenvalue weighted by atomic mass is 16.6. The largest absolute Gasteiger partial charge is 0.496 e. The first-order valence-corrected chi connectivity index (χ1v) is 8.53. The third kappa shape index (κ3) is 3.53. The highest BCUT2D eigenvalue weighted by molar-refractivity contribution is 5.95. The molecule has 0 heterocycles. The Hall–Kier alpha value is -1.98. The van der Waals surface area contributed by atoms with Gasteiger partial charge < -0.3 is 24.1 Å². The summed E-state index contributed by atoms with van der Waals surface area (Å²) in [5.74, 6) is 2.37. The number of aliphatic hydroxyl groups excluding tert-OH is 1. The summed E-state index contributed by atoms with van der Waals surface area (Å²) in [6.45, 7) is 4.31. The summed E-state index contributed by atoms with van der Waals surface area (Å²) in [6, 6.07) is 5.66. The molecule has 0 saturated heterocycles. The first kappa shape index (κ1) is 19.3. The third-order valence-corrected chi connectivity index (χ3v) is 4.74. The Kier molecular flexibility index (Phi) is 6.51. The summed E-state index contributed by atoms with van der Waals surface area (Å²) in [4.78, 5) is 0. The van der Waals surface area contributed by atoms with Gasteiger partial charge in [0.05, 0.1) is 21.3 Å². The monoisotopic (exact) mass is 348 g/mol. The number of benzene rings is 2. The van der Waals surface area contributed by atoms with Crippen LogP contribution in [-0.4, -0.2) is 33.5 Å². The topological polar surface area (TPSA) is 57.2 Å². The Morgan fingerprint density at radius 1 is 0.840 bits per heavy atom. The number of fused-ring (bicyclic) bond motifs is 1. The third-order valence-electron chi connectivity index (χ3n) is 4.74. The van der Waals surface area contributed by atoms with E-state index in [0.717, 1.165) is 34.9 Å². The van der Waals surface area contributed by atoms with Crippen LogP contribution in [0.4, 0.5) is 0 Å². The van der Waals surface area contributed by atoms with Crippen molar-refractivity contribution in [3.8, 4) is 17.2 Å². The van der Waals surface area contributed by atoms with Gasteiger partial charge in [-0.3, -0.25) is 0 Å². The maximum atomic E-state index is 10.1. The summed E-state index contributed by atoms with van der Waals surface area (Å²) < 4.78 is 21.9. The van der Waals surface area contributed by atoms with Crippen molar-refractivity contribution in [2.24, 2.45) is 0 Å². The molecule has 0 aliphatic rings. The van der Waals surface area contributed by atoms with Crippen molar-refractivity contribution in [2.75, 3.05) is 28.4 Å². The molecule has 0 aliphatic carbocycles. The van der Waals surface area contributed by atoms with Crippen LogP contribution in [0.15, 0.2) is 18.2 Å². The second-order valence-corrected chi connectivity index (χ2v) is 5.95. The molecular weight excluding hydrogens is 320 g/mol. The lowest BCUT2D eigenvalue weighted by molar-refractivity contribution is -0.0769. The minimum absolute atomic E-state index is 0.298. The van der Waals surface area contributed by atoms with Crippen molar-refractivity contribution in [2.45, 2.75) is 38.9 Å². The van der Waals surface area contributed by atoms with Gasteiger partial charge in [-0.1, -0.05) is 13.8 Å². The fourth-order valence-corrected chi connectivity index (χ4v) is 3.38. The van der Waals surface area contributed by atoms with Crippen LogP contribution < -0.4 is 14.2 Å². The average molecular weight is 348 g/mol. The van der Waals surface area contributed by atoms with Crippen molar-refractivity contribution >= 4 is 10.8 Å². The maximum absolute atomic E-state index is 10.1. The second-order valence-electron chi connectivity index (χ2n) is 5.95. The van der Waals surface area contributed by atoms with E-state index in [1.807, 2.05) is 12.1 Å². The zero-order valence-electron chi connectivity index (χ0n) is 15.9. The lowest BCUT2D eigenvalue weighted by atomic mass is 9.87. The van der Waals surface area contributed by atoms with E-state index >= 15 is 0 Å². The highest BCUT2D eigenvalue weighted by Gasteiger charge is 2.24. The van der Waals surface area contributed by atoms with Gasteiger partial charge in [-0.05, 0) is 42.3 Å². The van der Waals surface area contributed by atoms with E-state index in [9.17, 15) is 5.11 Å². The minimum Gasteiger partial charge on any atom is -0.496 e. The lowest BCUT2D eigenvalue weighted by Crippen LogP contribution is -2.06. The van der Waals surface area contributed by atoms with Crippen molar-refractivity contribution in [1.29, 1.82) is 0 Å². The molecule has 1 atom stereocenters. The van der Waals surface area contributed by atoms with Gasteiger partial charge in [0.2, 0.25) is 0 Å². The number of aliphatic hydroxyl groups is 1. The van der Waals surface area contributed by atoms with Crippen LogP contribution in [0.1, 0.15) is 50.0 Å². The molecule has 1 N–H and O–H groups in total. The molecule has 0 spiro atoms. The molecule has 5 heteroatoms. The maximum Gasteiger partial charge on any atom is 0.180 e. The van der Waals surface area contributed by atoms with Gasteiger partial charge in [-0.15, -0.1) is 0 Å². The zero-order valence-corrected chi connectivity index (χ0v) is 15.9. The standard InChI is InChI=1S/C20H28O5/c1-7-12(8-2)18-15-9-13(20(21)25-6)10-16(22-3)14(15)11-17(23-4)19(18)24-5/h9-12,20-21H,7-8H2,1-6H3. The van der Waals surface area contributed by atoms with Gasteiger partial charge in [0.25, 0.3) is 0 Å². The van der Waals surface area contributed by atoms with E-state index in [4.69, 9.17) is 18.9 Å². The number of ether oxygens (including phenoxy) is 4. The number of hydrogen-bond acceptors (Lipinski definition) is 5. The number of hydrogen-bond donors (Lipinski definition) is 1. The Labute approximate surface area is 149 Å². The summed E-state index contributed by atoms with van der Waals surface area (Å²) in [5.41, 5.74) is 1.72. The molecule has 0 radical (unpaired) electrons. The van der Waals surface area contributed by atoms with Crippen LogP contribution in [0.25, 0.3) is 10.8 Å². The van der Waals surface area contributed by atoms with Crippen molar-refractivity contribution in [3.63, 3.8) is 0 Å². The van der Waals surface area contributed by atoms with E-state index < -0.39 is 6.29 Å². The fraction of sp³-hybridized carbons (Fsp3) is 0.500. The van der Waals surface area contributed by atoms with E-state index in [0.29, 0.717) is 23.0 Å². The molecule has 0 aliphatic heterocycles. The van der Waals surface area contributed by atoms with Gasteiger partial charge >= 0.3 is 0 Å². The Balaban J connectivity index is 2.94. The first-order valence-electron chi connectivity index (χ1n) is 8.53. The molecule has 2 aromatic rings. The van der Waals surface area contributed by atoms with Crippen LogP contribution in [0.5, 0.6) is 17.2 Å². The van der Waals surface area contributed by atoms with Crippen molar-refractivity contribution < 1.29 is 24.1 Å². The Morgan fingerprint density at radius 2 is 1.48 bits per heavy atom. The minimum atomic E-state index is -1.01. The van der Waals surface area contributed by atoms with Crippen LogP contribution >= 0.6 is 0 Å². The van der Waals surface area contributed by atoms with Gasteiger partial charge in [-0.25, -0.2) is 0 Å². The van der Waals surface area contributed by atoms with E-state index in [1.165, 1.54) is 7.11 Å². The molecule has 1 unspecified atom stereocenters. The molecule has 138 valence electrons. The lowest BCUT2D eigenvalue weighted by Gasteiger charge is -2.23. The van der Waals surface area contributed by atoms with Crippen LogP contribution in [0, 0.1) is 0 Å². The molecular formula is C20H28O5. The number of rotatable bonds is 8. The normalized spacial score (nSPS) is 12.5. The summed E-state index contributed by atoms with van der Waals surface area (Å²) in [6.07, 6.45) is 0.921. The molecule has 0 aromatic heterocycles. The van der Waals surface area contributed by atoms with Gasteiger partial charge in [0.15, 0.2) is 17.8 Å². The summed E-state index contributed by atoms with van der Waals surface area (Å²) in [7, 11) is 6.37. The highest BCUT2D eigenvalue weighted by Crippen LogP contribution is 2.46. The Bertz CT molecular complexity index is 722. The van der Waals surface area contributed by atoms with E-state index in [-0.39, 0.29) is 0 Å². The molecule has 0 fully saturated rings. The quantitative estimate of drug-likeness (QED) is 0.716. The van der Waals surface area contributed by atoms with Crippen LogP contribution in [0.3, 0.4) is 0 Å². The molecule has 25 heavy (non-hydrogen) atoms.